The maximum absolute atomic E-state index is 12.8. The van der Waals surface area contributed by atoms with Gasteiger partial charge >= 0.3 is 0 Å². The third-order valence-corrected chi connectivity index (χ3v) is 6.88. The number of nitrogens with zero attached hydrogens (tertiary/aromatic N) is 1. The van der Waals surface area contributed by atoms with Gasteiger partial charge in [-0.1, -0.05) is 39.7 Å². The van der Waals surface area contributed by atoms with Crippen molar-refractivity contribution in [1.29, 1.82) is 0 Å². The first-order chi connectivity index (χ1) is 12.8. The Morgan fingerprint density at radius 1 is 1.22 bits per heavy atom. The van der Waals surface area contributed by atoms with E-state index in [2.05, 4.69) is 15.9 Å². The van der Waals surface area contributed by atoms with Crippen LogP contribution in [0.5, 0.6) is 5.75 Å². The zero-order valence-electron chi connectivity index (χ0n) is 14.5. The van der Waals surface area contributed by atoms with Gasteiger partial charge in [0.05, 0.1) is 11.5 Å². The van der Waals surface area contributed by atoms with Gasteiger partial charge in [0.2, 0.25) is 0 Å². The third kappa shape index (κ3) is 5.70. The van der Waals surface area contributed by atoms with Gasteiger partial charge in [0.25, 0.3) is 5.91 Å². The summed E-state index contributed by atoms with van der Waals surface area (Å²) in [5.41, 5.74) is 0.925. The zero-order valence-corrected chi connectivity index (χ0v) is 17.6. The first-order valence-corrected chi connectivity index (χ1v) is 11.4. The minimum absolute atomic E-state index is 0.00626. The standard InChI is InChI=1S/C19H19BrClNO4S/c20-15-3-1-2-14(10-15)11-22(17-8-9-27(24,25)13-17)19(23)12-26-18-6-4-16(21)5-7-18/h1-7,10,17H,8-9,11-13H2/t17-/m1/s1. The molecule has 1 fully saturated rings. The summed E-state index contributed by atoms with van der Waals surface area (Å²) in [4.78, 5) is 14.5. The van der Waals surface area contributed by atoms with Crippen LogP contribution in [0.3, 0.4) is 0 Å². The molecule has 2 aromatic carbocycles. The number of rotatable bonds is 6. The van der Waals surface area contributed by atoms with Crippen LogP contribution in [0, 0.1) is 0 Å². The van der Waals surface area contributed by atoms with Crippen LogP contribution in [0.25, 0.3) is 0 Å². The fraction of sp³-hybridized carbons (Fsp3) is 0.316. The summed E-state index contributed by atoms with van der Waals surface area (Å²) in [6.07, 6.45) is 0.447. The van der Waals surface area contributed by atoms with Gasteiger partial charge in [-0.15, -0.1) is 0 Å². The van der Waals surface area contributed by atoms with Gasteiger partial charge in [-0.25, -0.2) is 8.42 Å². The summed E-state index contributed by atoms with van der Waals surface area (Å²) in [5.74, 6) is 0.396. The number of halogens is 2. The summed E-state index contributed by atoms with van der Waals surface area (Å²) < 4.78 is 30.3. The Bertz CT molecular complexity index is 918. The Hall–Kier alpha value is -1.57. The van der Waals surface area contributed by atoms with Crippen LogP contribution in [0.4, 0.5) is 0 Å². The SMILES string of the molecule is O=C(COc1ccc(Cl)cc1)N(Cc1cccc(Br)c1)[C@@H]1CCS(=O)(=O)C1. The monoisotopic (exact) mass is 471 g/mol. The van der Waals surface area contributed by atoms with E-state index < -0.39 is 9.84 Å². The highest BCUT2D eigenvalue weighted by Gasteiger charge is 2.34. The van der Waals surface area contributed by atoms with E-state index in [0.717, 1.165) is 10.0 Å². The molecule has 8 heteroatoms. The van der Waals surface area contributed by atoms with Crippen molar-refractivity contribution in [2.75, 3.05) is 18.1 Å². The summed E-state index contributed by atoms with van der Waals surface area (Å²) in [6, 6.07) is 14.0. The van der Waals surface area contributed by atoms with E-state index in [1.165, 1.54) is 0 Å². The van der Waals surface area contributed by atoms with E-state index in [1.54, 1.807) is 29.2 Å². The number of hydrogen-bond donors (Lipinski definition) is 0. The molecule has 1 amide bonds. The normalized spacial score (nSPS) is 18.2. The molecule has 5 nitrogen and oxygen atoms in total. The first-order valence-electron chi connectivity index (χ1n) is 8.45. The number of carbonyl (C=O) groups excluding carboxylic acids is 1. The maximum atomic E-state index is 12.8. The van der Waals surface area contributed by atoms with Crippen LogP contribution in [-0.2, 0) is 21.2 Å². The molecule has 1 heterocycles. The van der Waals surface area contributed by atoms with Gasteiger partial charge in [-0.3, -0.25) is 4.79 Å². The maximum Gasteiger partial charge on any atom is 0.261 e. The quantitative estimate of drug-likeness (QED) is 0.643. The lowest BCUT2D eigenvalue weighted by molar-refractivity contribution is -0.136. The summed E-state index contributed by atoms with van der Waals surface area (Å²) in [7, 11) is -3.10. The Balaban J connectivity index is 1.73. The average Bonchev–Trinajstić information content (AvgIpc) is 2.98. The molecule has 1 aliphatic heterocycles. The van der Waals surface area contributed by atoms with Crippen molar-refractivity contribution in [3.63, 3.8) is 0 Å². The van der Waals surface area contributed by atoms with Crippen molar-refractivity contribution < 1.29 is 17.9 Å². The van der Waals surface area contributed by atoms with Crippen LogP contribution in [-0.4, -0.2) is 43.4 Å². The molecular weight excluding hydrogens is 454 g/mol. The molecule has 0 unspecified atom stereocenters. The molecule has 3 rings (SSSR count). The minimum atomic E-state index is -3.10. The number of sulfone groups is 1. The van der Waals surface area contributed by atoms with Crippen molar-refractivity contribution in [2.24, 2.45) is 0 Å². The lowest BCUT2D eigenvalue weighted by Gasteiger charge is -2.28. The van der Waals surface area contributed by atoms with Crippen LogP contribution in [0.2, 0.25) is 5.02 Å². The van der Waals surface area contributed by atoms with Crippen LogP contribution in [0.1, 0.15) is 12.0 Å². The van der Waals surface area contributed by atoms with Gasteiger partial charge in [-0.2, -0.15) is 0 Å². The van der Waals surface area contributed by atoms with Gasteiger partial charge < -0.3 is 9.64 Å². The van der Waals surface area contributed by atoms with Crippen molar-refractivity contribution in [3.05, 3.63) is 63.6 Å². The van der Waals surface area contributed by atoms with Crippen molar-refractivity contribution >= 4 is 43.3 Å². The second-order valence-corrected chi connectivity index (χ2v) is 10.0. The van der Waals surface area contributed by atoms with Gasteiger partial charge in [-0.05, 0) is 48.4 Å². The lowest BCUT2D eigenvalue weighted by atomic mass is 10.1. The molecule has 0 saturated carbocycles. The zero-order chi connectivity index (χ0) is 19.4. The van der Waals surface area contributed by atoms with E-state index in [4.69, 9.17) is 16.3 Å². The van der Waals surface area contributed by atoms with Crippen LogP contribution < -0.4 is 4.74 Å². The number of amides is 1. The number of hydrogen-bond acceptors (Lipinski definition) is 4. The Kier molecular flexibility index (Phi) is 6.44. The average molecular weight is 473 g/mol. The Labute approximate surface area is 172 Å². The fourth-order valence-electron chi connectivity index (χ4n) is 3.03. The van der Waals surface area contributed by atoms with E-state index in [-0.39, 0.29) is 30.1 Å². The molecule has 1 atom stereocenters. The highest BCUT2D eigenvalue weighted by molar-refractivity contribution is 9.10. The highest BCUT2D eigenvalue weighted by atomic mass is 79.9. The molecule has 144 valence electrons. The summed E-state index contributed by atoms with van der Waals surface area (Å²) in [6.45, 7) is 0.175. The molecule has 1 aliphatic rings. The molecule has 1 saturated heterocycles. The van der Waals surface area contributed by atoms with Gasteiger partial charge in [0.1, 0.15) is 5.75 Å². The molecular formula is C19H19BrClNO4S. The molecule has 0 N–H and O–H groups in total. The van der Waals surface area contributed by atoms with Crippen LogP contribution >= 0.6 is 27.5 Å². The molecule has 0 radical (unpaired) electrons. The third-order valence-electron chi connectivity index (χ3n) is 4.39. The molecule has 0 bridgehead atoms. The van der Waals surface area contributed by atoms with Gasteiger partial charge in [0, 0.05) is 22.1 Å². The largest absolute Gasteiger partial charge is 0.484 e. The summed E-state index contributed by atoms with van der Waals surface area (Å²) in [5, 5.41) is 0.584. The Morgan fingerprint density at radius 3 is 2.59 bits per heavy atom. The highest BCUT2D eigenvalue weighted by Crippen LogP contribution is 2.22. The topological polar surface area (TPSA) is 63.7 Å². The van der Waals surface area contributed by atoms with Crippen molar-refractivity contribution in [3.8, 4) is 5.75 Å². The Morgan fingerprint density at radius 2 is 1.96 bits per heavy atom. The smallest absolute Gasteiger partial charge is 0.261 e. The second kappa shape index (κ2) is 8.63. The molecule has 2 aromatic rings. The van der Waals surface area contributed by atoms with E-state index in [9.17, 15) is 13.2 Å². The number of ether oxygens (including phenoxy) is 1. The lowest BCUT2D eigenvalue weighted by Crippen LogP contribution is -2.43. The van der Waals surface area contributed by atoms with Gasteiger partial charge in [0.15, 0.2) is 16.4 Å². The predicted molar refractivity (Wildman–Crippen MR) is 109 cm³/mol. The molecule has 0 spiro atoms. The van der Waals surface area contributed by atoms with E-state index >= 15 is 0 Å². The van der Waals surface area contributed by atoms with Crippen molar-refractivity contribution in [1.82, 2.24) is 4.90 Å². The van der Waals surface area contributed by atoms with Crippen LogP contribution in [0.15, 0.2) is 53.0 Å². The number of benzene rings is 2. The second-order valence-electron chi connectivity index (χ2n) is 6.45. The fourth-order valence-corrected chi connectivity index (χ4v) is 5.34. The molecule has 0 aliphatic carbocycles. The predicted octanol–water partition coefficient (Wildman–Crippen LogP) is 3.70. The van der Waals surface area contributed by atoms with Crippen molar-refractivity contribution in [2.45, 2.75) is 19.0 Å². The number of carbonyl (C=O) groups is 1. The van der Waals surface area contributed by atoms with E-state index in [1.807, 2.05) is 24.3 Å². The minimum Gasteiger partial charge on any atom is -0.484 e. The van der Waals surface area contributed by atoms with E-state index in [0.29, 0.717) is 23.7 Å². The molecule has 27 heavy (non-hydrogen) atoms. The summed E-state index contributed by atoms with van der Waals surface area (Å²) >= 11 is 9.27. The molecule has 0 aromatic heterocycles. The first kappa shape index (κ1) is 20.2.